The molecule has 0 bridgehead atoms. The van der Waals surface area contributed by atoms with Gasteiger partial charge in [0.2, 0.25) is 5.89 Å². The largest absolute Gasteiger partial charge is 0.507 e. The van der Waals surface area contributed by atoms with Crippen molar-refractivity contribution in [3.8, 4) is 17.2 Å². The topological polar surface area (TPSA) is 75.4 Å². The third kappa shape index (κ3) is 4.02. The lowest BCUT2D eigenvalue weighted by atomic mass is 9.87. The first-order valence-corrected chi connectivity index (χ1v) is 9.90. The molecule has 1 heterocycles. The number of phenols is 1. The minimum Gasteiger partial charge on any atom is -0.507 e. The van der Waals surface area contributed by atoms with Crippen molar-refractivity contribution < 1.29 is 14.3 Å². The number of amides is 1. The summed E-state index contributed by atoms with van der Waals surface area (Å²) in [6, 6.07) is 17.4. The van der Waals surface area contributed by atoms with E-state index in [1.165, 1.54) is 6.07 Å². The van der Waals surface area contributed by atoms with Gasteiger partial charge in [0.15, 0.2) is 5.58 Å². The lowest BCUT2D eigenvalue weighted by molar-refractivity contribution is 0.102. The fourth-order valence-electron chi connectivity index (χ4n) is 3.13. The first-order chi connectivity index (χ1) is 14.2. The van der Waals surface area contributed by atoms with Crippen molar-refractivity contribution in [3.63, 3.8) is 0 Å². The number of aromatic hydroxyl groups is 1. The number of anilines is 1. The zero-order chi connectivity index (χ0) is 21.5. The smallest absolute Gasteiger partial charge is 0.255 e. The van der Waals surface area contributed by atoms with Crippen LogP contribution >= 0.6 is 11.6 Å². The maximum absolute atomic E-state index is 12.7. The average molecular weight is 421 g/mol. The van der Waals surface area contributed by atoms with Gasteiger partial charge >= 0.3 is 0 Å². The summed E-state index contributed by atoms with van der Waals surface area (Å²) in [5.74, 6) is 0.00650. The van der Waals surface area contributed by atoms with Crippen molar-refractivity contribution in [2.45, 2.75) is 26.2 Å². The summed E-state index contributed by atoms with van der Waals surface area (Å²) < 4.78 is 5.74. The summed E-state index contributed by atoms with van der Waals surface area (Å²) in [6.45, 7) is 6.38. The van der Waals surface area contributed by atoms with E-state index in [0.29, 0.717) is 32.9 Å². The molecule has 0 aliphatic carbocycles. The van der Waals surface area contributed by atoms with E-state index >= 15 is 0 Å². The van der Waals surface area contributed by atoms with E-state index in [9.17, 15) is 9.90 Å². The molecule has 1 aromatic heterocycles. The van der Waals surface area contributed by atoms with Gasteiger partial charge in [-0.25, -0.2) is 4.98 Å². The fraction of sp³-hybridized carbons (Fsp3) is 0.167. The van der Waals surface area contributed by atoms with Gasteiger partial charge in [0, 0.05) is 16.3 Å². The zero-order valence-corrected chi connectivity index (χ0v) is 17.6. The standard InChI is InChI=1S/C24H21ClN2O3/c1-24(2,3)15-6-4-14(5-7-15)22(29)26-17-9-10-20(28)18(13-17)23-27-19-12-16(25)8-11-21(19)30-23/h4-13,28H,1-3H3,(H,26,29). The van der Waals surface area contributed by atoms with Crippen molar-refractivity contribution in [1.29, 1.82) is 0 Å². The van der Waals surface area contributed by atoms with E-state index in [1.807, 2.05) is 24.3 Å². The summed E-state index contributed by atoms with van der Waals surface area (Å²) >= 11 is 6.00. The van der Waals surface area contributed by atoms with E-state index in [2.05, 4.69) is 31.1 Å². The summed E-state index contributed by atoms with van der Waals surface area (Å²) in [5, 5.41) is 13.7. The van der Waals surface area contributed by atoms with Crippen LogP contribution in [0.1, 0.15) is 36.7 Å². The van der Waals surface area contributed by atoms with Gasteiger partial charge in [-0.05, 0) is 59.5 Å². The second kappa shape index (κ2) is 7.50. The summed E-state index contributed by atoms with van der Waals surface area (Å²) in [4.78, 5) is 17.1. The Hall–Kier alpha value is -3.31. The second-order valence-electron chi connectivity index (χ2n) is 8.14. The van der Waals surface area contributed by atoms with Crippen LogP contribution < -0.4 is 5.32 Å². The molecule has 4 rings (SSSR count). The molecular formula is C24H21ClN2O3. The highest BCUT2D eigenvalue weighted by atomic mass is 35.5. The number of nitrogens with one attached hydrogen (secondary N) is 1. The second-order valence-corrected chi connectivity index (χ2v) is 8.58. The van der Waals surface area contributed by atoms with Crippen molar-refractivity contribution in [1.82, 2.24) is 4.98 Å². The van der Waals surface area contributed by atoms with Crippen molar-refractivity contribution in [3.05, 3.63) is 76.8 Å². The third-order valence-corrected chi connectivity index (χ3v) is 5.08. The molecule has 0 saturated carbocycles. The number of hydrogen-bond acceptors (Lipinski definition) is 4. The predicted octanol–water partition coefficient (Wildman–Crippen LogP) is 6.40. The number of hydrogen-bond donors (Lipinski definition) is 2. The fourth-order valence-corrected chi connectivity index (χ4v) is 3.29. The molecule has 0 spiro atoms. The number of oxazole rings is 1. The number of rotatable bonds is 3. The maximum atomic E-state index is 12.7. The Morgan fingerprint density at radius 2 is 1.77 bits per heavy atom. The molecule has 0 unspecified atom stereocenters. The monoisotopic (exact) mass is 420 g/mol. The third-order valence-electron chi connectivity index (χ3n) is 4.85. The van der Waals surface area contributed by atoms with Gasteiger partial charge in [0.25, 0.3) is 5.91 Å². The Morgan fingerprint density at radius 1 is 1.03 bits per heavy atom. The normalized spacial score (nSPS) is 11.6. The molecule has 6 heteroatoms. The van der Waals surface area contributed by atoms with Gasteiger partial charge in [0.05, 0.1) is 5.56 Å². The lowest BCUT2D eigenvalue weighted by Crippen LogP contribution is -2.14. The van der Waals surface area contributed by atoms with Crippen LogP contribution in [0.25, 0.3) is 22.6 Å². The number of carbonyl (C=O) groups excluding carboxylic acids is 1. The van der Waals surface area contributed by atoms with Gasteiger partial charge in [-0.2, -0.15) is 0 Å². The highest BCUT2D eigenvalue weighted by Gasteiger charge is 2.16. The lowest BCUT2D eigenvalue weighted by Gasteiger charge is -2.19. The van der Waals surface area contributed by atoms with Gasteiger partial charge < -0.3 is 14.8 Å². The minimum absolute atomic E-state index is 0.000169. The Labute approximate surface area is 179 Å². The highest BCUT2D eigenvalue weighted by molar-refractivity contribution is 6.31. The Bertz CT molecular complexity index is 1240. The molecule has 5 nitrogen and oxygen atoms in total. The predicted molar refractivity (Wildman–Crippen MR) is 119 cm³/mol. The first kappa shape index (κ1) is 20.0. The molecule has 0 radical (unpaired) electrons. The summed E-state index contributed by atoms with van der Waals surface area (Å²) in [6.07, 6.45) is 0. The number of halogens is 1. The molecule has 2 N–H and O–H groups in total. The van der Waals surface area contributed by atoms with E-state index < -0.39 is 0 Å². The number of phenolic OH excluding ortho intramolecular Hbond substituents is 1. The van der Waals surface area contributed by atoms with E-state index in [0.717, 1.165) is 5.56 Å². The molecule has 4 aromatic rings. The van der Waals surface area contributed by atoms with Crippen LogP contribution in [0.5, 0.6) is 5.75 Å². The van der Waals surface area contributed by atoms with Crippen LogP contribution in [0.3, 0.4) is 0 Å². The van der Waals surface area contributed by atoms with Crippen molar-refractivity contribution >= 4 is 34.3 Å². The van der Waals surface area contributed by atoms with E-state index in [-0.39, 0.29) is 23.0 Å². The minimum atomic E-state index is -0.239. The molecule has 152 valence electrons. The molecule has 3 aromatic carbocycles. The van der Waals surface area contributed by atoms with Crippen molar-refractivity contribution in [2.24, 2.45) is 0 Å². The zero-order valence-electron chi connectivity index (χ0n) is 16.9. The van der Waals surface area contributed by atoms with Gasteiger partial charge in [-0.3, -0.25) is 4.79 Å². The van der Waals surface area contributed by atoms with Crippen molar-refractivity contribution in [2.75, 3.05) is 5.32 Å². The van der Waals surface area contributed by atoms with Crippen LogP contribution in [0.4, 0.5) is 5.69 Å². The van der Waals surface area contributed by atoms with Gasteiger partial charge in [-0.1, -0.05) is 44.5 Å². The number of benzene rings is 3. The SMILES string of the molecule is CC(C)(C)c1ccc(C(=O)Nc2ccc(O)c(-c3nc4cc(Cl)ccc4o3)c2)cc1. The molecular weight excluding hydrogens is 400 g/mol. The molecule has 0 saturated heterocycles. The quantitative estimate of drug-likeness (QED) is 0.376. The first-order valence-electron chi connectivity index (χ1n) is 9.52. The Balaban J connectivity index is 1.60. The van der Waals surface area contributed by atoms with Crippen LogP contribution in [-0.4, -0.2) is 16.0 Å². The average Bonchev–Trinajstić information content (AvgIpc) is 3.11. The molecule has 1 amide bonds. The van der Waals surface area contributed by atoms with E-state index in [1.54, 1.807) is 30.3 Å². The molecule has 30 heavy (non-hydrogen) atoms. The number of nitrogens with zero attached hydrogens (tertiary/aromatic N) is 1. The number of carbonyl (C=O) groups is 1. The molecule has 0 aliphatic heterocycles. The van der Waals surface area contributed by atoms with E-state index in [4.69, 9.17) is 16.0 Å². The molecule has 0 atom stereocenters. The summed E-state index contributed by atoms with van der Waals surface area (Å²) in [7, 11) is 0. The van der Waals surface area contributed by atoms with Crippen LogP contribution in [0, 0.1) is 0 Å². The number of aromatic nitrogens is 1. The highest BCUT2D eigenvalue weighted by Crippen LogP contribution is 2.34. The Morgan fingerprint density at radius 3 is 2.47 bits per heavy atom. The van der Waals surface area contributed by atoms with Crippen LogP contribution in [0.2, 0.25) is 5.02 Å². The van der Waals surface area contributed by atoms with Crippen LogP contribution in [-0.2, 0) is 5.41 Å². The maximum Gasteiger partial charge on any atom is 0.255 e. The summed E-state index contributed by atoms with van der Waals surface area (Å²) in [5.41, 5.74) is 3.77. The van der Waals surface area contributed by atoms with Gasteiger partial charge in [0.1, 0.15) is 11.3 Å². The molecule has 0 fully saturated rings. The van der Waals surface area contributed by atoms with Crippen LogP contribution in [0.15, 0.2) is 65.1 Å². The molecule has 0 aliphatic rings. The van der Waals surface area contributed by atoms with Gasteiger partial charge in [-0.15, -0.1) is 0 Å². The number of fused-ring (bicyclic) bond motifs is 1. The Kier molecular flexibility index (Phi) is 5.00.